The summed E-state index contributed by atoms with van der Waals surface area (Å²) in [6.07, 6.45) is 2.05. The first-order chi connectivity index (χ1) is 2.89. The van der Waals surface area contributed by atoms with Crippen LogP contribution in [0.3, 0.4) is 0 Å². The highest BCUT2D eigenvalue weighted by molar-refractivity contribution is 8.02. The summed E-state index contributed by atoms with van der Waals surface area (Å²) in [6.45, 7) is 3.75. The Bertz CT molecular complexity index is 92.1. The van der Waals surface area contributed by atoms with Gasteiger partial charge < -0.3 is 0 Å². The lowest BCUT2D eigenvalue weighted by atomic mass is 10.4. The van der Waals surface area contributed by atoms with Crippen molar-refractivity contribution in [3.8, 4) is 0 Å². The number of thioether (sulfide) groups is 1. The first-order valence-corrected chi connectivity index (χ1v) is 2.90. The Kier molecular flexibility index (Phi) is 1.01. The Balaban J connectivity index is 2.59. The fraction of sp³-hybridized carbons (Fsp3) is 0.200. The first kappa shape index (κ1) is 4.00. The summed E-state index contributed by atoms with van der Waals surface area (Å²) in [4.78, 5) is 0. The molecule has 6 heavy (non-hydrogen) atoms. The molecular weight excluding hydrogens is 92.1 g/mol. The first-order valence-electron chi connectivity index (χ1n) is 1.85. The number of allylic oxidation sites excluding steroid dienone is 1. The van der Waals surface area contributed by atoms with E-state index >= 15 is 0 Å². The van der Waals surface area contributed by atoms with Crippen molar-refractivity contribution in [1.82, 2.24) is 0 Å². The van der Waals surface area contributed by atoms with E-state index < -0.39 is 0 Å². The second-order valence-electron chi connectivity index (χ2n) is 1.27. The lowest BCUT2D eigenvalue weighted by molar-refractivity contribution is 1.64. The SMILES string of the molecule is C=C1C=CSC1. The molecule has 0 spiro atoms. The largest absolute Gasteiger partial charge is 0.129 e. The average Bonchev–Trinajstić information content (AvgIpc) is 1.86. The molecular formula is C5H6S. The average molecular weight is 98.2 g/mol. The Morgan fingerprint density at radius 1 is 1.83 bits per heavy atom. The van der Waals surface area contributed by atoms with Crippen molar-refractivity contribution in [2.45, 2.75) is 0 Å². The van der Waals surface area contributed by atoms with Crippen molar-refractivity contribution in [3.63, 3.8) is 0 Å². The van der Waals surface area contributed by atoms with Crippen molar-refractivity contribution < 1.29 is 0 Å². The normalized spacial score (nSPS) is 19.7. The van der Waals surface area contributed by atoms with Crippen LogP contribution in [-0.4, -0.2) is 5.75 Å². The number of hydrogen-bond donors (Lipinski definition) is 0. The highest BCUT2D eigenvalue weighted by Gasteiger charge is 1.92. The van der Waals surface area contributed by atoms with Crippen molar-refractivity contribution in [2.24, 2.45) is 0 Å². The zero-order valence-electron chi connectivity index (χ0n) is 3.48. The van der Waals surface area contributed by atoms with Crippen LogP contribution < -0.4 is 0 Å². The molecule has 0 aliphatic carbocycles. The summed E-state index contributed by atoms with van der Waals surface area (Å²) >= 11 is 1.80. The molecule has 0 saturated heterocycles. The summed E-state index contributed by atoms with van der Waals surface area (Å²) in [5.74, 6) is 1.10. The standard InChI is InChI=1S/C5H6S/c1-5-2-3-6-4-5/h2-3H,1,4H2. The Morgan fingerprint density at radius 2 is 2.67 bits per heavy atom. The van der Waals surface area contributed by atoms with Crippen molar-refractivity contribution in [3.05, 3.63) is 23.6 Å². The fourth-order valence-corrected chi connectivity index (χ4v) is 1.04. The van der Waals surface area contributed by atoms with Gasteiger partial charge in [-0.2, -0.15) is 0 Å². The van der Waals surface area contributed by atoms with Gasteiger partial charge in [-0.05, 0) is 11.0 Å². The minimum Gasteiger partial charge on any atom is -0.129 e. The highest BCUT2D eigenvalue weighted by atomic mass is 32.2. The molecule has 0 radical (unpaired) electrons. The molecule has 1 rings (SSSR count). The summed E-state index contributed by atoms with van der Waals surface area (Å²) < 4.78 is 0. The molecule has 0 amide bonds. The Labute approximate surface area is 41.9 Å². The van der Waals surface area contributed by atoms with Crippen molar-refractivity contribution >= 4 is 11.8 Å². The Morgan fingerprint density at radius 3 is 2.83 bits per heavy atom. The van der Waals surface area contributed by atoms with Gasteiger partial charge in [0, 0.05) is 5.75 Å². The lowest BCUT2D eigenvalue weighted by Gasteiger charge is -1.78. The van der Waals surface area contributed by atoms with E-state index in [1.54, 1.807) is 11.8 Å². The van der Waals surface area contributed by atoms with Gasteiger partial charge in [-0.3, -0.25) is 0 Å². The molecule has 0 aromatic carbocycles. The van der Waals surface area contributed by atoms with E-state index in [4.69, 9.17) is 0 Å². The summed E-state index contributed by atoms with van der Waals surface area (Å²) in [5.41, 5.74) is 1.24. The highest BCUT2D eigenvalue weighted by Crippen LogP contribution is 2.16. The molecule has 0 aromatic rings. The minimum absolute atomic E-state index is 1.10. The molecule has 1 aliphatic heterocycles. The van der Waals surface area contributed by atoms with E-state index in [-0.39, 0.29) is 0 Å². The van der Waals surface area contributed by atoms with Crippen molar-refractivity contribution in [2.75, 3.05) is 5.75 Å². The molecule has 0 aromatic heterocycles. The maximum absolute atomic E-state index is 3.75. The molecule has 0 N–H and O–H groups in total. The van der Waals surface area contributed by atoms with Crippen molar-refractivity contribution in [1.29, 1.82) is 0 Å². The minimum atomic E-state index is 1.10. The van der Waals surface area contributed by atoms with Gasteiger partial charge in [0.05, 0.1) is 0 Å². The van der Waals surface area contributed by atoms with Crippen LogP contribution in [0, 0.1) is 0 Å². The summed E-state index contributed by atoms with van der Waals surface area (Å²) in [5, 5.41) is 2.07. The summed E-state index contributed by atoms with van der Waals surface area (Å²) in [7, 11) is 0. The van der Waals surface area contributed by atoms with Crippen LogP contribution in [0.5, 0.6) is 0 Å². The number of rotatable bonds is 0. The second-order valence-corrected chi connectivity index (χ2v) is 2.17. The molecule has 0 bridgehead atoms. The molecule has 1 aliphatic rings. The molecule has 0 atom stereocenters. The maximum Gasteiger partial charge on any atom is 0.0220 e. The monoisotopic (exact) mass is 98.0 g/mol. The van der Waals surface area contributed by atoms with Gasteiger partial charge in [-0.15, -0.1) is 11.8 Å². The molecule has 32 valence electrons. The predicted octanol–water partition coefficient (Wildman–Crippen LogP) is 1.80. The van der Waals surface area contributed by atoms with E-state index in [2.05, 4.69) is 12.0 Å². The van der Waals surface area contributed by atoms with Gasteiger partial charge in [0.1, 0.15) is 0 Å². The molecule has 0 unspecified atom stereocenters. The molecule has 1 heteroatoms. The fourth-order valence-electron chi connectivity index (χ4n) is 0.348. The van der Waals surface area contributed by atoms with Crippen LogP contribution in [0.25, 0.3) is 0 Å². The molecule has 0 nitrogen and oxygen atoms in total. The second kappa shape index (κ2) is 1.52. The van der Waals surface area contributed by atoms with E-state index in [1.807, 2.05) is 6.08 Å². The smallest absolute Gasteiger partial charge is 0.0220 e. The van der Waals surface area contributed by atoms with Crippen LogP contribution in [-0.2, 0) is 0 Å². The van der Waals surface area contributed by atoms with Crippen LogP contribution in [0.1, 0.15) is 0 Å². The Hall–Kier alpha value is -0.170. The number of hydrogen-bond acceptors (Lipinski definition) is 1. The molecule has 1 heterocycles. The van der Waals surface area contributed by atoms with Crippen LogP contribution in [0.15, 0.2) is 23.6 Å². The molecule has 0 fully saturated rings. The van der Waals surface area contributed by atoms with E-state index in [0.29, 0.717) is 0 Å². The molecule has 0 saturated carbocycles. The van der Waals surface area contributed by atoms with Gasteiger partial charge in [0.25, 0.3) is 0 Å². The van der Waals surface area contributed by atoms with Crippen LogP contribution in [0.4, 0.5) is 0 Å². The third-order valence-electron chi connectivity index (χ3n) is 0.669. The van der Waals surface area contributed by atoms with Gasteiger partial charge in [-0.25, -0.2) is 0 Å². The third kappa shape index (κ3) is 0.658. The van der Waals surface area contributed by atoms with E-state index in [0.717, 1.165) is 5.75 Å². The topological polar surface area (TPSA) is 0 Å². The van der Waals surface area contributed by atoms with Gasteiger partial charge >= 0.3 is 0 Å². The van der Waals surface area contributed by atoms with E-state index in [9.17, 15) is 0 Å². The summed E-state index contributed by atoms with van der Waals surface area (Å²) in [6, 6.07) is 0. The lowest BCUT2D eigenvalue weighted by Crippen LogP contribution is -1.66. The zero-order valence-corrected chi connectivity index (χ0v) is 4.29. The van der Waals surface area contributed by atoms with Crippen LogP contribution >= 0.6 is 11.8 Å². The van der Waals surface area contributed by atoms with E-state index in [1.165, 1.54) is 5.57 Å². The maximum atomic E-state index is 3.75. The van der Waals surface area contributed by atoms with Gasteiger partial charge in [-0.1, -0.05) is 12.7 Å². The predicted molar refractivity (Wildman–Crippen MR) is 30.7 cm³/mol. The van der Waals surface area contributed by atoms with Crippen LogP contribution in [0.2, 0.25) is 0 Å². The zero-order chi connectivity index (χ0) is 4.41. The quantitative estimate of drug-likeness (QED) is 0.445. The third-order valence-corrected chi connectivity index (χ3v) is 1.53. The van der Waals surface area contributed by atoms with Gasteiger partial charge in [0.15, 0.2) is 0 Å². The van der Waals surface area contributed by atoms with Gasteiger partial charge in [0.2, 0.25) is 0 Å².